The molecular formula is C27H44Br2N6O8S2. The molecule has 0 aromatic carbocycles. The van der Waals surface area contributed by atoms with E-state index in [-0.39, 0.29) is 36.6 Å². The van der Waals surface area contributed by atoms with E-state index in [9.17, 15) is 21.6 Å². The van der Waals surface area contributed by atoms with Crippen molar-refractivity contribution in [3.8, 4) is 11.8 Å². The number of nitrogens with zero attached hydrogens (tertiary/aromatic N) is 3. The molecule has 14 nitrogen and oxygen atoms in total. The molecule has 0 bridgehead atoms. The van der Waals surface area contributed by atoms with Crippen molar-refractivity contribution in [2.75, 3.05) is 48.3 Å². The third kappa shape index (κ3) is 18.4. The topological polar surface area (TPSA) is 178 Å². The number of hydrogen-bond donors (Lipinski definition) is 3. The molecule has 45 heavy (non-hydrogen) atoms. The summed E-state index contributed by atoms with van der Waals surface area (Å²) in [6, 6.07) is 3.45. The Hall–Kier alpha value is -2.41. The molecule has 0 atom stereocenters. The van der Waals surface area contributed by atoms with Gasteiger partial charge in [0, 0.05) is 40.0 Å². The highest BCUT2D eigenvalue weighted by atomic mass is 79.9. The molecule has 3 N–H and O–H groups in total. The van der Waals surface area contributed by atoms with Crippen LogP contribution in [0.4, 0.5) is 16.2 Å². The zero-order chi connectivity index (χ0) is 34.6. The Morgan fingerprint density at radius 1 is 0.867 bits per heavy atom. The highest BCUT2D eigenvalue weighted by molar-refractivity contribution is 9.10. The van der Waals surface area contributed by atoms with Crippen LogP contribution >= 0.6 is 31.9 Å². The van der Waals surface area contributed by atoms with Crippen LogP contribution in [0.5, 0.6) is 11.8 Å². The zero-order valence-corrected chi connectivity index (χ0v) is 31.8. The Morgan fingerprint density at radius 2 is 1.31 bits per heavy atom. The highest BCUT2D eigenvalue weighted by Gasteiger charge is 2.24. The van der Waals surface area contributed by atoms with Gasteiger partial charge in [-0.05, 0) is 78.6 Å². The number of aromatic nitrogens is 2. The van der Waals surface area contributed by atoms with E-state index in [1.807, 2.05) is 27.7 Å². The lowest BCUT2D eigenvalue weighted by molar-refractivity contribution is 0.0163. The number of carbonyl (C=O) groups is 1. The van der Waals surface area contributed by atoms with E-state index < -0.39 is 31.7 Å². The molecule has 2 rings (SSSR count). The fourth-order valence-electron chi connectivity index (χ4n) is 3.25. The van der Waals surface area contributed by atoms with E-state index in [4.69, 9.17) is 14.2 Å². The van der Waals surface area contributed by atoms with Gasteiger partial charge in [0.25, 0.3) is 0 Å². The van der Waals surface area contributed by atoms with Crippen LogP contribution in [0.1, 0.15) is 48.5 Å². The first-order valence-corrected chi connectivity index (χ1v) is 19.2. The molecule has 0 radical (unpaired) electrons. The fourth-order valence-corrected chi connectivity index (χ4v) is 5.00. The summed E-state index contributed by atoms with van der Waals surface area (Å²) in [6.45, 7) is 14.7. The maximum absolute atomic E-state index is 12.3. The molecule has 2 aromatic rings. The summed E-state index contributed by atoms with van der Waals surface area (Å²) < 4.78 is 67.9. The molecule has 256 valence electrons. The third-order valence-electron chi connectivity index (χ3n) is 4.94. The Balaban J connectivity index is 0.000000472. The van der Waals surface area contributed by atoms with Gasteiger partial charge in [-0.3, -0.25) is 9.44 Å². The highest BCUT2D eigenvalue weighted by Crippen LogP contribution is 2.27. The monoisotopic (exact) mass is 802 g/mol. The SMILES string of the molecule is CC(C)N(CCOc1ncc(Br)cc1NS(C)(=O)=O)C(=O)OC(C)(C)C.CC(C)NCCOc1ncc(Br)cc1NS(C)(=O)=O. The number of ether oxygens (including phenoxy) is 3. The van der Waals surface area contributed by atoms with Gasteiger partial charge in [-0.1, -0.05) is 13.8 Å². The van der Waals surface area contributed by atoms with Crippen LogP contribution in [0.2, 0.25) is 0 Å². The first-order chi connectivity index (χ1) is 20.6. The van der Waals surface area contributed by atoms with Crippen LogP contribution < -0.4 is 24.2 Å². The number of anilines is 2. The van der Waals surface area contributed by atoms with Crippen molar-refractivity contribution in [3.05, 3.63) is 33.5 Å². The molecule has 2 aromatic heterocycles. The lowest BCUT2D eigenvalue weighted by Gasteiger charge is -2.30. The van der Waals surface area contributed by atoms with E-state index >= 15 is 0 Å². The Labute approximate surface area is 283 Å². The van der Waals surface area contributed by atoms with Gasteiger partial charge in [0.05, 0.1) is 19.1 Å². The van der Waals surface area contributed by atoms with Gasteiger partial charge < -0.3 is 24.4 Å². The number of nitrogens with one attached hydrogen (secondary N) is 3. The minimum atomic E-state index is -3.48. The normalized spacial score (nSPS) is 11.8. The van der Waals surface area contributed by atoms with Gasteiger partial charge >= 0.3 is 6.09 Å². The molecule has 0 aliphatic heterocycles. The first-order valence-electron chi connectivity index (χ1n) is 13.8. The van der Waals surface area contributed by atoms with E-state index in [1.54, 1.807) is 39.1 Å². The Bertz CT molecular complexity index is 1470. The number of hydrogen-bond acceptors (Lipinski definition) is 11. The lowest BCUT2D eigenvalue weighted by atomic mass is 10.2. The molecule has 2 heterocycles. The van der Waals surface area contributed by atoms with Crippen molar-refractivity contribution in [2.45, 2.75) is 66.2 Å². The van der Waals surface area contributed by atoms with Crippen LogP contribution in [0.3, 0.4) is 0 Å². The summed E-state index contributed by atoms with van der Waals surface area (Å²) in [5.74, 6) is 0.394. The molecule has 18 heteroatoms. The maximum Gasteiger partial charge on any atom is 0.410 e. The Morgan fingerprint density at radius 3 is 1.69 bits per heavy atom. The molecule has 0 fully saturated rings. The van der Waals surface area contributed by atoms with Crippen LogP contribution in [0.25, 0.3) is 0 Å². The van der Waals surface area contributed by atoms with E-state index in [1.165, 1.54) is 11.1 Å². The number of halogens is 2. The number of pyridine rings is 2. The van der Waals surface area contributed by atoms with E-state index in [2.05, 4.69) is 56.6 Å². The van der Waals surface area contributed by atoms with Crippen LogP contribution in [-0.4, -0.2) is 94.3 Å². The minimum Gasteiger partial charge on any atom is -0.475 e. The van der Waals surface area contributed by atoms with Crippen LogP contribution in [0.15, 0.2) is 33.5 Å². The summed E-state index contributed by atoms with van der Waals surface area (Å²) in [4.78, 5) is 21.9. The number of carbonyl (C=O) groups excluding carboxylic acids is 1. The van der Waals surface area contributed by atoms with Gasteiger partial charge in [-0.2, -0.15) is 0 Å². The molecule has 0 spiro atoms. The largest absolute Gasteiger partial charge is 0.475 e. The standard InChI is InChI=1S/C16H26BrN3O5S.C11H18BrN3O3S/c1-11(2)20(15(21)25-16(3,4)5)7-8-24-14-13(19-26(6,22)23)9-12(17)10-18-14;1-8(2)13-4-5-18-11-10(15-19(3,16)17)6-9(12)7-14-11/h9-11,19H,7-8H2,1-6H3;6-8,13,15H,4-5H2,1-3H3. The van der Waals surface area contributed by atoms with Crippen molar-refractivity contribution in [2.24, 2.45) is 0 Å². The molecular weight excluding hydrogens is 760 g/mol. The van der Waals surface area contributed by atoms with Gasteiger partial charge in [-0.25, -0.2) is 31.6 Å². The van der Waals surface area contributed by atoms with Gasteiger partial charge in [-0.15, -0.1) is 0 Å². The van der Waals surface area contributed by atoms with Crippen molar-refractivity contribution in [1.82, 2.24) is 20.2 Å². The molecule has 1 amide bonds. The average molecular weight is 805 g/mol. The predicted octanol–water partition coefficient (Wildman–Crippen LogP) is 4.83. The Kier molecular flexibility index (Phi) is 16.3. The smallest absolute Gasteiger partial charge is 0.410 e. The molecule has 0 saturated carbocycles. The van der Waals surface area contributed by atoms with Crippen molar-refractivity contribution < 1.29 is 35.8 Å². The van der Waals surface area contributed by atoms with Gasteiger partial charge in [0.1, 0.15) is 30.2 Å². The average Bonchev–Trinajstić information content (AvgIpc) is 2.83. The quantitative estimate of drug-likeness (QED) is 0.223. The van der Waals surface area contributed by atoms with E-state index in [0.29, 0.717) is 33.8 Å². The molecule has 0 saturated heterocycles. The summed E-state index contributed by atoms with van der Waals surface area (Å²) in [6.07, 6.45) is 4.74. The summed E-state index contributed by atoms with van der Waals surface area (Å²) in [7, 11) is -6.85. The van der Waals surface area contributed by atoms with Crippen LogP contribution in [-0.2, 0) is 24.8 Å². The summed E-state index contributed by atoms with van der Waals surface area (Å²) in [5, 5.41) is 3.19. The third-order valence-corrected chi connectivity index (χ3v) is 6.99. The molecule has 0 aliphatic carbocycles. The van der Waals surface area contributed by atoms with Crippen molar-refractivity contribution in [1.29, 1.82) is 0 Å². The second kappa shape index (κ2) is 18.1. The fraction of sp³-hybridized carbons (Fsp3) is 0.593. The minimum absolute atomic E-state index is 0.0834. The van der Waals surface area contributed by atoms with Gasteiger partial charge in [0.15, 0.2) is 0 Å². The molecule has 0 aliphatic rings. The predicted molar refractivity (Wildman–Crippen MR) is 183 cm³/mol. The summed E-state index contributed by atoms with van der Waals surface area (Å²) in [5.41, 5.74) is -0.0538. The van der Waals surface area contributed by atoms with E-state index in [0.717, 1.165) is 12.5 Å². The number of rotatable bonds is 14. The summed E-state index contributed by atoms with van der Waals surface area (Å²) >= 11 is 6.48. The van der Waals surface area contributed by atoms with Crippen LogP contribution in [0, 0.1) is 0 Å². The second-order valence-corrected chi connectivity index (χ2v) is 16.7. The van der Waals surface area contributed by atoms with Gasteiger partial charge in [0.2, 0.25) is 31.8 Å². The number of sulfonamides is 2. The second-order valence-electron chi connectivity index (χ2n) is 11.3. The first kappa shape index (κ1) is 40.6. The van der Waals surface area contributed by atoms with Crippen molar-refractivity contribution >= 4 is 69.4 Å². The maximum atomic E-state index is 12.3. The number of amides is 1. The lowest BCUT2D eigenvalue weighted by Crippen LogP contribution is -2.43. The van der Waals surface area contributed by atoms with Crippen molar-refractivity contribution in [3.63, 3.8) is 0 Å². The zero-order valence-electron chi connectivity index (χ0n) is 27.0. The molecule has 0 unspecified atom stereocenters.